The van der Waals surface area contributed by atoms with Gasteiger partial charge in [0.25, 0.3) is 0 Å². The third-order valence-corrected chi connectivity index (χ3v) is 4.03. The predicted octanol–water partition coefficient (Wildman–Crippen LogP) is 3.04. The fraction of sp³-hybridized carbons (Fsp3) is 0.0588. The molecule has 0 spiro atoms. The first-order valence-corrected chi connectivity index (χ1v) is 8.43. The molecule has 1 N–H and O–H groups in total. The molecule has 1 heterocycles. The molecule has 0 aliphatic carbocycles. The number of nitrogens with one attached hydrogen (secondary N) is 1. The lowest BCUT2D eigenvalue weighted by Gasteiger charge is -2.04. The number of hydrogen-bond acceptors (Lipinski definition) is 5. The summed E-state index contributed by atoms with van der Waals surface area (Å²) in [4.78, 5) is 13.2. The van der Waals surface area contributed by atoms with E-state index in [1.165, 1.54) is 17.3 Å². The number of amides is 1. The van der Waals surface area contributed by atoms with Crippen molar-refractivity contribution in [3.05, 3.63) is 66.5 Å². The van der Waals surface area contributed by atoms with Crippen LogP contribution in [-0.4, -0.2) is 32.4 Å². The zero-order valence-corrected chi connectivity index (χ0v) is 13.8. The van der Waals surface area contributed by atoms with Crippen molar-refractivity contribution in [2.45, 2.75) is 4.90 Å². The maximum absolute atomic E-state index is 12.0. The molecule has 0 radical (unpaired) electrons. The lowest BCUT2D eigenvalue weighted by atomic mass is 10.2. The zero-order valence-electron chi connectivity index (χ0n) is 13.0. The molecule has 1 amide bonds. The van der Waals surface area contributed by atoms with Gasteiger partial charge in [-0.15, -0.1) is 16.9 Å². The molecule has 0 aliphatic heterocycles. The van der Waals surface area contributed by atoms with E-state index in [0.29, 0.717) is 5.69 Å². The Balaban J connectivity index is 1.60. The molecule has 2 aromatic carbocycles. The Labute approximate surface area is 143 Å². The number of thioether (sulfide) groups is 1. The van der Waals surface area contributed by atoms with E-state index >= 15 is 0 Å². The van der Waals surface area contributed by atoms with Gasteiger partial charge in [-0.2, -0.15) is 0 Å². The quantitative estimate of drug-likeness (QED) is 0.572. The van der Waals surface area contributed by atoms with E-state index in [2.05, 4.69) is 20.8 Å². The number of carbonyl (C=O) groups is 1. The van der Waals surface area contributed by atoms with E-state index in [-0.39, 0.29) is 5.91 Å². The first-order valence-electron chi connectivity index (χ1n) is 7.21. The molecule has 1 aromatic heterocycles. The molecule has 0 bridgehead atoms. The van der Waals surface area contributed by atoms with Crippen molar-refractivity contribution < 1.29 is 4.79 Å². The van der Waals surface area contributed by atoms with Crippen molar-refractivity contribution >= 4 is 29.4 Å². The van der Waals surface area contributed by atoms with E-state index in [9.17, 15) is 4.79 Å². The van der Waals surface area contributed by atoms with Gasteiger partial charge in [0.05, 0.1) is 5.69 Å². The van der Waals surface area contributed by atoms with Crippen LogP contribution in [0.15, 0.2) is 65.8 Å². The maximum Gasteiger partial charge on any atom is 0.248 e. The van der Waals surface area contributed by atoms with Crippen LogP contribution >= 0.6 is 11.8 Å². The smallest absolute Gasteiger partial charge is 0.248 e. The Kier molecular flexibility index (Phi) is 5.02. The van der Waals surface area contributed by atoms with Crippen LogP contribution in [0.1, 0.15) is 5.56 Å². The van der Waals surface area contributed by atoms with Gasteiger partial charge < -0.3 is 5.32 Å². The number of benzene rings is 2. The number of hydrogen-bond donors (Lipinski definition) is 1. The van der Waals surface area contributed by atoms with Crippen LogP contribution in [0.4, 0.5) is 5.69 Å². The molecule has 3 rings (SSSR count). The van der Waals surface area contributed by atoms with Crippen LogP contribution in [0.3, 0.4) is 0 Å². The molecule has 7 heteroatoms. The highest BCUT2D eigenvalue weighted by atomic mass is 32.2. The number of anilines is 1. The lowest BCUT2D eigenvalue weighted by Crippen LogP contribution is -2.07. The van der Waals surface area contributed by atoms with Gasteiger partial charge in [-0.1, -0.05) is 12.1 Å². The van der Waals surface area contributed by atoms with Crippen molar-refractivity contribution in [2.75, 3.05) is 11.6 Å². The van der Waals surface area contributed by atoms with Gasteiger partial charge >= 0.3 is 0 Å². The highest BCUT2D eigenvalue weighted by Crippen LogP contribution is 2.16. The van der Waals surface area contributed by atoms with Crippen molar-refractivity contribution in [3.63, 3.8) is 0 Å². The third-order valence-electron chi connectivity index (χ3n) is 3.29. The van der Waals surface area contributed by atoms with Crippen LogP contribution in [-0.2, 0) is 4.79 Å². The summed E-state index contributed by atoms with van der Waals surface area (Å²) in [7, 11) is 0. The average molecular weight is 337 g/mol. The summed E-state index contributed by atoms with van der Waals surface area (Å²) in [6, 6.07) is 15.3. The van der Waals surface area contributed by atoms with Crippen molar-refractivity contribution in [1.29, 1.82) is 0 Å². The van der Waals surface area contributed by atoms with Gasteiger partial charge in [0, 0.05) is 16.7 Å². The molecular formula is C17H15N5OS. The second-order valence-corrected chi connectivity index (χ2v) is 5.78. The molecule has 0 saturated carbocycles. The molecular weight excluding hydrogens is 322 g/mol. The Bertz CT molecular complexity index is 826. The fourth-order valence-electron chi connectivity index (χ4n) is 2.05. The van der Waals surface area contributed by atoms with E-state index in [1.807, 2.05) is 42.7 Å². The third kappa shape index (κ3) is 4.08. The Morgan fingerprint density at radius 2 is 1.88 bits per heavy atom. The Hall–Kier alpha value is -2.93. The minimum absolute atomic E-state index is 0.181. The molecule has 0 saturated heterocycles. The molecule has 6 nitrogen and oxygen atoms in total. The van der Waals surface area contributed by atoms with Crippen LogP contribution in [0.5, 0.6) is 0 Å². The fourth-order valence-corrected chi connectivity index (χ4v) is 2.46. The van der Waals surface area contributed by atoms with Crippen molar-refractivity contribution in [1.82, 2.24) is 20.2 Å². The van der Waals surface area contributed by atoms with E-state index < -0.39 is 0 Å². The van der Waals surface area contributed by atoms with Crippen LogP contribution in [0.25, 0.3) is 11.8 Å². The number of aromatic nitrogens is 4. The van der Waals surface area contributed by atoms with Gasteiger partial charge in [0.2, 0.25) is 5.91 Å². The minimum Gasteiger partial charge on any atom is -0.323 e. The number of tetrazole rings is 1. The van der Waals surface area contributed by atoms with Crippen molar-refractivity contribution in [3.8, 4) is 5.69 Å². The first kappa shape index (κ1) is 15.9. The summed E-state index contributed by atoms with van der Waals surface area (Å²) < 4.78 is 1.55. The summed E-state index contributed by atoms with van der Waals surface area (Å²) in [5.74, 6) is -0.181. The topological polar surface area (TPSA) is 72.7 Å². The van der Waals surface area contributed by atoms with Gasteiger partial charge in [0.15, 0.2) is 0 Å². The van der Waals surface area contributed by atoms with Gasteiger partial charge in [-0.05, 0) is 64.7 Å². The summed E-state index contributed by atoms with van der Waals surface area (Å²) in [6.07, 6.45) is 6.85. The maximum atomic E-state index is 12.0. The monoisotopic (exact) mass is 337 g/mol. The second-order valence-electron chi connectivity index (χ2n) is 4.90. The van der Waals surface area contributed by atoms with Gasteiger partial charge in [0.1, 0.15) is 6.33 Å². The normalized spacial score (nSPS) is 10.9. The minimum atomic E-state index is -0.181. The van der Waals surface area contributed by atoms with Crippen LogP contribution < -0.4 is 5.32 Å². The lowest BCUT2D eigenvalue weighted by molar-refractivity contribution is -0.111. The van der Waals surface area contributed by atoms with Crippen LogP contribution in [0, 0.1) is 0 Å². The SMILES string of the molecule is CSc1ccc(/C=C/C(=O)Nc2ccc(-n3cnnn3)cc2)cc1. The van der Waals surface area contributed by atoms with Crippen molar-refractivity contribution in [2.24, 2.45) is 0 Å². The zero-order chi connectivity index (χ0) is 16.8. The second kappa shape index (κ2) is 7.56. The van der Waals surface area contributed by atoms with Crippen LogP contribution in [0.2, 0.25) is 0 Å². The summed E-state index contributed by atoms with van der Waals surface area (Å²) in [6.45, 7) is 0. The standard InChI is InChI=1S/C17H15N5OS/c1-24-16-9-2-13(3-10-16)4-11-17(23)19-14-5-7-15(8-6-14)22-12-18-20-21-22/h2-12H,1H3,(H,19,23)/b11-4+. The molecule has 0 atom stereocenters. The molecule has 0 aliphatic rings. The highest BCUT2D eigenvalue weighted by Gasteiger charge is 2.01. The first-order chi connectivity index (χ1) is 11.7. The Morgan fingerprint density at radius 1 is 1.12 bits per heavy atom. The largest absolute Gasteiger partial charge is 0.323 e. The van der Waals surface area contributed by atoms with Gasteiger partial charge in [-0.3, -0.25) is 4.79 Å². The van der Waals surface area contributed by atoms with E-state index in [4.69, 9.17) is 0 Å². The molecule has 120 valence electrons. The predicted molar refractivity (Wildman–Crippen MR) is 95.0 cm³/mol. The number of nitrogens with zero attached hydrogens (tertiary/aromatic N) is 4. The van der Waals surface area contributed by atoms with Gasteiger partial charge in [-0.25, -0.2) is 4.68 Å². The summed E-state index contributed by atoms with van der Waals surface area (Å²) in [5, 5.41) is 13.8. The molecule has 0 unspecified atom stereocenters. The Morgan fingerprint density at radius 3 is 2.50 bits per heavy atom. The molecule has 3 aromatic rings. The van der Waals surface area contributed by atoms with E-state index in [1.54, 1.807) is 34.7 Å². The van der Waals surface area contributed by atoms with E-state index in [0.717, 1.165) is 11.3 Å². The number of carbonyl (C=O) groups excluding carboxylic acids is 1. The summed E-state index contributed by atoms with van der Waals surface area (Å²) in [5.41, 5.74) is 2.51. The number of rotatable bonds is 5. The summed E-state index contributed by atoms with van der Waals surface area (Å²) >= 11 is 1.69. The average Bonchev–Trinajstić information content (AvgIpc) is 3.16. The molecule has 24 heavy (non-hydrogen) atoms. The molecule has 0 fully saturated rings. The highest BCUT2D eigenvalue weighted by molar-refractivity contribution is 7.98.